The Labute approximate surface area is 187 Å². The van der Waals surface area contributed by atoms with Gasteiger partial charge in [0.2, 0.25) is 5.91 Å². The van der Waals surface area contributed by atoms with E-state index in [4.69, 9.17) is 4.74 Å². The number of piperidine rings is 1. The number of likely N-dealkylation sites (tertiary alicyclic amines) is 1. The Morgan fingerprint density at radius 2 is 2.03 bits per heavy atom. The van der Waals surface area contributed by atoms with Crippen molar-refractivity contribution < 1.29 is 9.53 Å². The molecule has 5 heteroatoms. The lowest BCUT2D eigenvalue weighted by Gasteiger charge is -2.38. The van der Waals surface area contributed by atoms with E-state index in [0.717, 1.165) is 43.9 Å². The van der Waals surface area contributed by atoms with Crippen LogP contribution < -0.4 is 10.1 Å². The maximum absolute atomic E-state index is 12.8. The summed E-state index contributed by atoms with van der Waals surface area (Å²) in [7, 11) is 1.72. The molecule has 1 aromatic carbocycles. The number of hydrogen-bond acceptors (Lipinski definition) is 4. The lowest BCUT2D eigenvalue weighted by Crippen LogP contribution is -2.45. The van der Waals surface area contributed by atoms with Crippen LogP contribution in [0, 0.1) is 25.2 Å². The fraction of sp³-hybridized carbons (Fsp3) is 0.538. The third kappa shape index (κ3) is 5.85. The van der Waals surface area contributed by atoms with Gasteiger partial charge in [-0.15, -0.1) is 0 Å². The van der Waals surface area contributed by atoms with Crippen LogP contribution in [0.4, 0.5) is 0 Å². The van der Waals surface area contributed by atoms with Gasteiger partial charge in [-0.2, -0.15) is 0 Å². The number of nitrogens with zero attached hydrogens (tertiary/aromatic N) is 2. The molecule has 0 bridgehead atoms. The molecule has 2 heterocycles. The number of methoxy groups -OCH3 is 1. The summed E-state index contributed by atoms with van der Waals surface area (Å²) in [6.07, 6.45) is 4.02. The Bertz CT molecular complexity index is 890. The van der Waals surface area contributed by atoms with E-state index in [0.29, 0.717) is 5.92 Å². The average molecular weight is 424 g/mol. The van der Waals surface area contributed by atoms with Crippen LogP contribution in [0.3, 0.4) is 0 Å². The summed E-state index contributed by atoms with van der Waals surface area (Å²) in [6.45, 7) is 13.0. The van der Waals surface area contributed by atoms with Crippen molar-refractivity contribution in [2.45, 2.75) is 60.0 Å². The minimum Gasteiger partial charge on any atom is -0.496 e. The smallest absolute Gasteiger partial charge is 0.225 e. The third-order valence-electron chi connectivity index (χ3n) is 6.23. The van der Waals surface area contributed by atoms with Crippen molar-refractivity contribution in [3.8, 4) is 5.75 Å². The minimum absolute atomic E-state index is 0.0712. The maximum atomic E-state index is 12.8. The van der Waals surface area contributed by atoms with Gasteiger partial charge in [-0.3, -0.25) is 14.7 Å². The summed E-state index contributed by atoms with van der Waals surface area (Å²) < 4.78 is 5.47. The monoisotopic (exact) mass is 423 g/mol. The Hall–Kier alpha value is -2.40. The number of rotatable bonds is 6. The Kier molecular flexibility index (Phi) is 7.37. The van der Waals surface area contributed by atoms with Crippen LogP contribution in [0.25, 0.3) is 0 Å². The van der Waals surface area contributed by atoms with Crippen molar-refractivity contribution in [3.63, 3.8) is 0 Å². The molecule has 2 aromatic rings. The Balaban J connectivity index is 1.79. The van der Waals surface area contributed by atoms with E-state index < -0.39 is 5.41 Å². The van der Waals surface area contributed by atoms with E-state index in [1.165, 1.54) is 16.7 Å². The summed E-state index contributed by atoms with van der Waals surface area (Å²) in [4.78, 5) is 20.0. The molecular weight excluding hydrogens is 386 g/mol. The summed E-state index contributed by atoms with van der Waals surface area (Å²) in [5, 5.41) is 3.32. The molecule has 0 radical (unpaired) electrons. The van der Waals surface area contributed by atoms with Crippen LogP contribution in [-0.4, -0.2) is 36.0 Å². The quantitative estimate of drug-likeness (QED) is 0.724. The normalized spacial score (nSPS) is 18.5. The minimum atomic E-state index is -0.431. The highest BCUT2D eigenvalue weighted by Crippen LogP contribution is 2.32. The molecule has 1 saturated heterocycles. The molecule has 31 heavy (non-hydrogen) atoms. The van der Waals surface area contributed by atoms with Crippen LogP contribution in [0.5, 0.6) is 5.75 Å². The first-order chi connectivity index (χ1) is 14.7. The number of amides is 1. The largest absolute Gasteiger partial charge is 0.496 e. The molecule has 168 valence electrons. The number of aryl methyl sites for hydroxylation is 2. The molecule has 1 N–H and O–H groups in total. The number of hydrogen-bond donors (Lipinski definition) is 1. The zero-order valence-electron chi connectivity index (χ0n) is 19.9. The molecule has 1 aliphatic rings. The van der Waals surface area contributed by atoms with E-state index >= 15 is 0 Å². The molecule has 5 nitrogen and oxygen atoms in total. The number of benzene rings is 1. The molecule has 1 fully saturated rings. The first-order valence-electron chi connectivity index (χ1n) is 11.3. The van der Waals surface area contributed by atoms with Gasteiger partial charge in [-0.25, -0.2) is 0 Å². The molecular formula is C26H37N3O2. The second-order valence-corrected chi connectivity index (χ2v) is 9.84. The molecule has 2 atom stereocenters. The van der Waals surface area contributed by atoms with E-state index in [2.05, 4.69) is 41.2 Å². The van der Waals surface area contributed by atoms with Gasteiger partial charge in [0.05, 0.1) is 18.8 Å². The zero-order chi connectivity index (χ0) is 22.6. The number of aromatic nitrogens is 1. The SMILES string of the molecule is COc1cc(C)c(CN2CCCC(C(NC(=O)C(C)(C)C)c3ccccn3)C2)cc1C. The van der Waals surface area contributed by atoms with Gasteiger partial charge in [-0.1, -0.05) is 32.9 Å². The van der Waals surface area contributed by atoms with Crippen molar-refractivity contribution in [1.82, 2.24) is 15.2 Å². The van der Waals surface area contributed by atoms with E-state index in [-0.39, 0.29) is 11.9 Å². The Morgan fingerprint density at radius 1 is 1.26 bits per heavy atom. The van der Waals surface area contributed by atoms with Crippen LogP contribution in [0.15, 0.2) is 36.5 Å². The lowest BCUT2D eigenvalue weighted by molar-refractivity contribution is -0.130. The molecule has 1 amide bonds. The summed E-state index contributed by atoms with van der Waals surface area (Å²) in [5.41, 5.74) is 4.28. The third-order valence-corrected chi connectivity index (χ3v) is 6.23. The standard InChI is InChI=1S/C26H37N3O2/c1-18-15-23(31-6)19(2)14-21(18)17-29-13-9-10-20(16-29)24(22-11-7-8-12-27-22)28-25(30)26(3,4)5/h7-8,11-12,14-15,20,24H,9-10,13,16-17H2,1-6H3,(H,28,30). The van der Waals surface area contributed by atoms with Gasteiger partial charge < -0.3 is 10.1 Å². The summed E-state index contributed by atoms with van der Waals surface area (Å²) in [5.74, 6) is 1.34. The van der Waals surface area contributed by atoms with Crippen LogP contribution in [0.1, 0.15) is 62.0 Å². The average Bonchev–Trinajstić information content (AvgIpc) is 2.74. The molecule has 0 saturated carbocycles. The molecule has 3 rings (SSSR count). The zero-order valence-corrected chi connectivity index (χ0v) is 19.9. The fourth-order valence-corrected chi connectivity index (χ4v) is 4.34. The van der Waals surface area contributed by atoms with Gasteiger partial charge in [0, 0.05) is 24.7 Å². The van der Waals surface area contributed by atoms with Crippen LogP contribution in [0.2, 0.25) is 0 Å². The number of pyridine rings is 1. The highest BCUT2D eigenvalue weighted by Gasteiger charge is 2.33. The van der Waals surface area contributed by atoms with Crippen molar-refractivity contribution in [1.29, 1.82) is 0 Å². The molecule has 0 spiro atoms. The van der Waals surface area contributed by atoms with E-state index in [9.17, 15) is 4.79 Å². The predicted octanol–water partition coefficient (Wildman–Crippen LogP) is 4.82. The lowest BCUT2D eigenvalue weighted by atomic mass is 9.86. The molecule has 0 aliphatic carbocycles. The summed E-state index contributed by atoms with van der Waals surface area (Å²) >= 11 is 0. The number of ether oxygens (including phenoxy) is 1. The van der Waals surface area contributed by atoms with Crippen molar-refractivity contribution in [3.05, 3.63) is 58.9 Å². The fourth-order valence-electron chi connectivity index (χ4n) is 4.34. The van der Waals surface area contributed by atoms with Gasteiger partial charge in [0.15, 0.2) is 0 Å². The highest BCUT2D eigenvalue weighted by molar-refractivity contribution is 5.81. The van der Waals surface area contributed by atoms with Gasteiger partial charge in [0.25, 0.3) is 0 Å². The Morgan fingerprint density at radius 3 is 2.68 bits per heavy atom. The topological polar surface area (TPSA) is 54.5 Å². The molecule has 1 aromatic heterocycles. The second kappa shape index (κ2) is 9.82. The van der Waals surface area contributed by atoms with Crippen molar-refractivity contribution >= 4 is 5.91 Å². The van der Waals surface area contributed by atoms with Crippen LogP contribution in [-0.2, 0) is 11.3 Å². The van der Waals surface area contributed by atoms with E-state index in [1.807, 2.05) is 45.2 Å². The van der Waals surface area contributed by atoms with Gasteiger partial charge in [-0.05, 0) is 74.0 Å². The summed E-state index contributed by atoms with van der Waals surface area (Å²) in [6, 6.07) is 10.3. The van der Waals surface area contributed by atoms with Crippen molar-refractivity contribution in [2.24, 2.45) is 11.3 Å². The van der Waals surface area contributed by atoms with Gasteiger partial charge >= 0.3 is 0 Å². The predicted molar refractivity (Wildman–Crippen MR) is 125 cm³/mol. The second-order valence-electron chi connectivity index (χ2n) is 9.84. The molecule has 2 unspecified atom stereocenters. The highest BCUT2D eigenvalue weighted by atomic mass is 16.5. The molecule has 1 aliphatic heterocycles. The first-order valence-corrected chi connectivity index (χ1v) is 11.3. The maximum Gasteiger partial charge on any atom is 0.225 e. The number of nitrogens with one attached hydrogen (secondary N) is 1. The van der Waals surface area contributed by atoms with Crippen LogP contribution >= 0.6 is 0 Å². The van der Waals surface area contributed by atoms with Gasteiger partial charge in [0.1, 0.15) is 5.75 Å². The number of carbonyl (C=O) groups excluding carboxylic acids is 1. The van der Waals surface area contributed by atoms with E-state index in [1.54, 1.807) is 7.11 Å². The van der Waals surface area contributed by atoms with Crippen molar-refractivity contribution in [2.75, 3.05) is 20.2 Å². The number of carbonyl (C=O) groups is 1. The first kappa shape index (κ1) is 23.3.